The van der Waals surface area contributed by atoms with Crippen LogP contribution in [0.5, 0.6) is 5.75 Å². The van der Waals surface area contributed by atoms with Gasteiger partial charge in [-0.3, -0.25) is 0 Å². The third kappa shape index (κ3) is 3.56. The summed E-state index contributed by atoms with van der Waals surface area (Å²) in [6.45, 7) is 0. The first-order valence-electron chi connectivity index (χ1n) is 5.62. The molecule has 84 valence electrons. The third-order valence-electron chi connectivity index (χ3n) is 3.19. The molecule has 1 aromatic rings. The van der Waals surface area contributed by atoms with Crippen LogP contribution < -0.4 is 0 Å². The molecular weight excluding hydrogens is 188 g/mol. The van der Waals surface area contributed by atoms with Crippen LogP contribution in [-0.4, -0.2) is 10.6 Å². The number of aromatic hydroxyl groups is 1. The van der Waals surface area contributed by atoms with Crippen LogP contribution in [0.15, 0.2) is 24.3 Å². The lowest BCUT2D eigenvalue weighted by atomic mass is 9.85. The highest BCUT2D eigenvalue weighted by Gasteiger charge is 2.13. The summed E-state index contributed by atoms with van der Waals surface area (Å²) in [6.07, 6.45) is 8.21. The number of benzene rings is 1. The van der Waals surface area contributed by atoms with Crippen molar-refractivity contribution in [2.75, 3.05) is 0 Å². The molecule has 1 saturated carbocycles. The van der Waals surface area contributed by atoms with Gasteiger partial charge in [0.2, 0.25) is 0 Å². The van der Waals surface area contributed by atoms with Crippen molar-refractivity contribution in [2.24, 2.45) is 5.92 Å². The van der Waals surface area contributed by atoms with Crippen LogP contribution in [-0.2, 0) is 6.42 Å². The van der Waals surface area contributed by atoms with E-state index in [1.807, 2.05) is 12.1 Å². The maximum absolute atomic E-state index is 9.16. The zero-order valence-electron chi connectivity index (χ0n) is 9.08. The maximum Gasteiger partial charge on any atom is 0.115 e. The summed E-state index contributed by atoms with van der Waals surface area (Å²) in [5.41, 5.74) is 1.37. The van der Waals surface area contributed by atoms with Gasteiger partial charge in [0.1, 0.15) is 5.75 Å². The zero-order valence-corrected chi connectivity index (χ0v) is 9.08. The summed E-state index contributed by atoms with van der Waals surface area (Å²) in [5.74, 6) is 1.26. The zero-order chi connectivity index (χ0) is 9.80. The minimum absolute atomic E-state index is 0. The summed E-state index contributed by atoms with van der Waals surface area (Å²) in [5, 5.41) is 9.16. The van der Waals surface area contributed by atoms with E-state index in [0.29, 0.717) is 5.75 Å². The van der Waals surface area contributed by atoms with Crippen LogP contribution >= 0.6 is 0 Å². The molecule has 0 radical (unpaired) electrons. The van der Waals surface area contributed by atoms with Gasteiger partial charge in [0, 0.05) is 0 Å². The summed E-state index contributed by atoms with van der Waals surface area (Å²) in [6, 6.07) is 7.67. The van der Waals surface area contributed by atoms with E-state index in [1.54, 1.807) is 12.1 Å². The van der Waals surface area contributed by atoms with Crippen molar-refractivity contribution >= 4 is 0 Å². The quantitative estimate of drug-likeness (QED) is 0.798. The van der Waals surface area contributed by atoms with Crippen molar-refractivity contribution in [3.63, 3.8) is 0 Å². The van der Waals surface area contributed by atoms with E-state index >= 15 is 0 Å². The van der Waals surface area contributed by atoms with Crippen LogP contribution in [0.2, 0.25) is 0 Å². The Morgan fingerprint density at radius 2 is 1.60 bits per heavy atom. The Morgan fingerprint density at radius 3 is 2.20 bits per heavy atom. The molecule has 0 saturated heterocycles. The summed E-state index contributed by atoms with van der Waals surface area (Å²) in [4.78, 5) is 0. The van der Waals surface area contributed by atoms with Crippen molar-refractivity contribution < 1.29 is 10.6 Å². The van der Waals surface area contributed by atoms with E-state index in [1.165, 1.54) is 44.1 Å². The molecule has 0 spiro atoms. The second-order valence-corrected chi connectivity index (χ2v) is 4.37. The van der Waals surface area contributed by atoms with Crippen molar-refractivity contribution in [3.05, 3.63) is 29.8 Å². The smallest absolute Gasteiger partial charge is 0.115 e. The molecule has 1 aliphatic carbocycles. The number of hydrogen-bond acceptors (Lipinski definition) is 1. The van der Waals surface area contributed by atoms with Gasteiger partial charge in [-0.15, -0.1) is 0 Å². The van der Waals surface area contributed by atoms with Crippen LogP contribution in [0, 0.1) is 5.92 Å². The fraction of sp³-hybridized carbons (Fsp3) is 0.538. The van der Waals surface area contributed by atoms with Gasteiger partial charge in [-0.05, 0) is 30.0 Å². The molecule has 0 unspecified atom stereocenters. The monoisotopic (exact) mass is 208 g/mol. The molecular formula is C13H20O2. The fourth-order valence-corrected chi connectivity index (χ4v) is 2.36. The normalized spacial score (nSPS) is 17.1. The van der Waals surface area contributed by atoms with Gasteiger partial charge >= 0.3 is 0 Å². The Labute approximate surface area is 91.3 Å². The number of hydrogen-bond donors (Lipinski definition) is 1. The second kappa shape index (κ2) is 5.76. The van der Waals surface area contributed by atoms with Crippen LogP contribution in [0.1, 0.15) is 37.7 Å². The van der Waals surface area contributed by atoms with Crippen molar-refractivity contribution in [1.29, 1.82) is 0 Å². The van der Waals surface area contributed by atoms with Crippen molar-refractivity contribution in [2.45, 2.75) is 38.5 Å². The highest BCUT2D eigenvalue weighted by Crippen LogP contribution is 2.27. The number of rotatable bonds is 2. The van der Waals surface area contributed by atoms with E-state index in [9.17, 15) is 0 Å². The van der Waals surface area contributed by atoms with Gasteiger partial charge in [0.25, 0.3) is 0 Å². The third-order valence-corrected chi connectivity index (χ3v) is 3.19. The lowest BCUT2D eigenvalue weighted by Gasteiger charge is -2.21. The first-order valence-corrected chi connectivity index (χ1v) is 5.62. The molecule has 0 bridgehead atoms. The topological polar surface area (TPSA) is 51.7 Å². The maximum atomic E-state index is 9.16. The van der Waals surface area contributed by atoms with Crippen molar-refractivity contribution in [1.82, 2.24) is 0 Å². The van der Waals surface area contributed by atoms with E-state index < -0.39 is 0 Å². The number of phenols is 1. The van der Waals surface area contributed by atoms with E-state index in [4.69, 9.17) is 5.11 Å². The van der Waals surface area contributed by atoms with Gasteiger partial charge < -0.3 is 10.6 Å². The molecule has 2 heteroatoms. The summed E-state index contributed by atoms with van der Waals surface area (Å²) in [7, 11) is 0. The molecule has 1 aromatic carbocycles. The lowest BCUT2D eigenvalue weighted by molar-refractivity contribution is 0.356. The molecule has 2 rings (SSSR count). The van der Waals surface area contributed by atoms with Crippen LogP contribution in [0.3, 0.4) is 0 Å². The van der Waals surface area contributed by atoms with Gasteiger partial charge in [-0.1, -0.05) is 44.2 Å². The molecule has 1 aliphatic rings. The Bertz CT molecular complexity index is 273. The first-order chi connectivity index (χ1) is 6.84. The average molecular weight is 208 g/mol. The molecule has 0 heterocycles. The predicted molar refractivity (Wildman–Crippen MR) is 62.0 cm³/mol. The summed E-state index contributed by atoms with van der Waals surface area (Å²) >= 11 is 0. The average Bonchev–Trinajstić information content (AvgIpc) is 2.23. The SMILES string of the molecule is O.Oc1ccc(CC2CCCCC2)cc1. The molecule has 1 fully saturated rings. The Kier molecular flexibility index (Phi) is 4.63. The van der Waals surface area contributed by atoms with E-state index in [0.717, 1.165) is 5.92 Å². The number of phenolic OH excluding ortho intramolecular Hbond substituents is 1. The molecule has 0 atom stereocenters. The summed E-state index contributed by atoms with van der Waals surface area (Å²) < 4.78 is 0. The first kappa shape index (κ1) is 12.1. The minimum atomic E-state index is 0. The molecule has 0 aliphatic heterocycles. The van der Waals surface area contributed by atoms with Crippen molar-refractivity contribution in [3.8, 4) is 5.75 Å². The second-order valence-electron chi connectivity index (χ2n) is 4.37. The molecule has 2 nitrogen and oxygen atoms in total. The Hall–Kier alpha value is -1.02. The predicted octanol–water partition coefficient (Wildman–Crippen LogP) is 2.69. The lowest BCUT2D eigenvalue weighted by Crippen LogP contribution is -2.08. The van der Waals surface area contributed by atoms with Gasteiger partial charge in [0.15, 0.2) is 0 Å². The van der Waals surface area contributed by atoms with Gasteiger partial charge in [-0.25, -0.2) is 0 Å². The Morgan fingerprint density at radius 1 is 1.00 bits per heavy atom. The van der Waals surface area contributed by atoms with Gasteiger partial charge in [-0.2, -0.15) is 0 Å². The van der Waals surface area contributed by atoms with E-state index in [-0.39, 0.29) is 5.48 Å². The van der Waals surface area contributed by atoms with Crippen LogP contribution in [0.4, 0.5) is 0 Å². The molecule has 15 heavy (non-hydrogen) atoms. The fourth-order valence-electron chi connectivity index (χ4n) is 2.36. The highest BCUT2D eigenvalue weighted by molar-refractivity contribution is 5.26. The molecule has 0 amide bonds. The molecule has 0 aromatic heterocycles. The standard InChI is InChI=1S/C13H18O.H2O/c14-13-8-6-12(7-9-13)10-11-4-2-1-3-5-11;/h6-9,11,14H,1-5,10H2;1H2. The van der Waals surface area contributed by atoms with Gasteiger partial charge in [0.05, 0.1) is 0 Å². The molecule has 3 N–H and O–H groups in total. The largest absolute Gasteiger partial charge is 0.508 e. The minimum Gasteiger partial charge on any atom is -0.508 e. The van der Waals surface area contributed by atoms with E-state index in [2.05, 4.69) is 0 Å². The highest BCUT2D eigenvalue weighted by atomic mass is 16.3. The van der Waals surface area contributed by atoms with Crippen LogP contribution in [0.25, 0.3) is 0 Å². The Balaban J connectivity index is 0.00000112.